The monoisotopic (exact) mass is 453 g/mol. The van der Waals surface area contributed by atoms with Gasteiger partial charge in [-0.25, -0.2) is 0 Å². The van der Waals surface area contributed by atoms with Crippen molar-refractivity contribution in [2.24, 2.45) is 11.8 Å². The summed E-state index contributed by atoms with van der Waals surface area (Å²) in [5.41, 5.74) is 2.98. The van der Waals surface area contributed by atoms with E-state index >= 15 is 0 Å². The predicted molar refractivity (Wildman–Crippen MR) is 123 cm³/mol. The van der Waals surface area contributed by atoms with Gasteiger partial charge in [-0.15, -0.1) is 0 Å². The number of H-pyrrole nitrogens is 1. The Morgan fingerprint density at radius 1 is 1.33 bits per heavy atom. The SMILES string of the molecule is Cc1cnccc1N1C[C@H]2C[C@@H](C1)[C@H](CNC(=O)c1ccc[nH]1)N1C(=O)CCC[C@@H]21.O=CO. The van der Waals surface area contributed by atoms with Crippen molar-refractivity contribution in [3.63, 3.8) is 0 Å². The van der Waals surface area contributed by atoms with Crippen LogP contribution in [0.2, 0.25) is 0 Å². The van der Waals surface area contributed by atoms with Crippen LogP contribution in [0.3, 0.4) is 0 Å². The van der Waals surface area contributed by atoms with Crippen molar-refractivity contribution in [3.8, 4) is 0 Å². The number of anilines is 1. The number of nitrogens with zero attached hydrogens (tertiary/aromatic N) is 3. The van der Waals surface area contributed by atoms with Gasteiger partial charge < -0.3 is 25.2 Å². The number of carboxylic acid groups (broad SMARTS) is 1. The molecule has 3 aliphatic heterocycles. The van der Waals surface area contributed by atoms with Gasteiger partial charge in [0.15, 0.2) is 0 Å². The highest BCUT2D eigenvalue weighted by Crippen LogP contribution is 2.42. The number of hydrogen-bond acceptors (Lipinski definition) is 5. The fraction of sp³-hybridized carbons (Fsp3) is 0.500. The van der Waals surface area contributed by atoms with Crippen LogP contribution in [0.4, 0.5) is 5.69 Å². The molecule has 5 rings (SSSR count). The van der Waals surface area contributed by atoms with Gasteiger partial charge in [0.2, 0.25) is 5.91 Å². The molecule has 9 nitrogen and oxygen atoms in total. The second-order valence-corrected chi connectivity index (χ2v) is 9.05. The number of rotatable bonds is 4. The number of piperidine rings is 3. The zero-order valence-corrected chi connectivity index (χ0v) is 18.8. The van der Waals surface area contributed by atoms with Gasteiger partial charge in [0.1, 0.15) is 5.69 Å². The van der Waals surface area contributed by atoms with E-state index in [1.165, 1.54) is 11.3 Å². The number of amides is 2. The number of carbonyl (C=O) groups excluding carboxylic acids is 2. The number of pyridine rings is 1. The molecule has 0 aliphatic carbocycles. The lowest BCUT2D eigenvalue weighted by Gasteiger charge is -2.57. The highest BCUT2D eigenvalue weighted by atomic mass is 16.3. The van der Waals surface area contributed by atoms with Gasteiger partial charge in [0.25, 0.3) is 12.4 Å². The Bertz CT molecular complexity index is 979. The summed E-state index contributed by atoms with van der Waals surface area (Å²) >= 11 is 0. The molecule has 0 aromatic carbocycles. The second-order valence-electron chi connectivity index (χ2n) is 9.05. The summed E-state index contributed by atoms with van der Waals surface area (Å²) in [4.78, 5) is 45.7. The third-order valence-corrected chi connectivity index (χ3v) is 7.14. The summed E-state index contributed by atoms with van der Waals surface area (Å²) in [5.74, 6) is 0.976. The van der Waals surface area contributed by atoms with E-state index in [1.807, 2.05) is 18.5 Å². The molecule has 3 N–H and O–H groups in total. The number of aryl methyl sites for hydroxylation is 1. The molecule has 5 heterocycles. The molecule has 0 radical (unpaired) electrons. The fourth-order valence-electron chi connectivity index (χ4n) is 5.82. The Morgan fingerprint density at radius 2 is 2.12 bits per heavy atom. The number of nitrogens with one attached hydrogen (secondary N) is 2. The maximum Gasteiger partial charge on any atom is 0.290 e. The lowest BCUT2D eigenvalue weighted by molar-refractivity contribution is -0.148. The Kier molecular flexibility index (Phi) is 6.96. The smallest absolute Gasteiger partial charge is 0.290 e. The van der Waals surface area contributed by atoms with E-state index in [1.54, 1.807) is 12.3 Å². The molecule has 0 spiro atoms. The van der Waals surface area contributed by atoms with Crippen molar-refractivity contribution in [3.05, 3.63) is 48.0 Å². The van der Waals surface area contributed by atoms with Crippen LogP contribution < -0.4 is 10.2 Å². The predicted octanol–water partition coefficient (Wildman–Crippen LogP) is 2.05. The molecule has 176 valence electrons. The summed E-state index contributed by atoms with van der Waals surface area (Å²) in [6.45, 7) is 4.25. The molecule has 4 atom stereocenters. The number of aromatic nitrogens is 2. The van der Waals surface area contributed by atoms with Crippen molar-refractivity contribution in [2.75, 3.05) is 24.5 Å². The Morgan fingerprint density at radius 3 is 2.85 bits per heavy atom. The minimum absolute atomic E-state index is 0.0444. The minimum Gasteiger partial charge on any atom is -0.483 e. The van der Waals surface area contributed by atoms with Crippen LogP contribution in [-0.2, 0) is 9.59 Å². The van der Waals surface area contributed by atoms with E-state index in [-0.39, 0.29) is 30.4 Å². The molecule has 2 aromatic rings. The van der Waals surface area contributed by atoms with Crippen LogP contribution in [-0.4, -0.2) is 70.0 Å². The van der Waals surface area contributed by atoms with Crippen molar-refractivity contribution >= 4 is 24.0 Å². The summed E-state index contributed by atoms with van der Waals surface area (Å²) < 4.78 is 0. The molecule has 2 bridgehead atoms. The third kappa shape index (κ3) is 4.72. The standard InChI is InChI=1S/C23H29N5O2.CH2O2/c1-15-11-24-9-7-19(15)27-13-16-10-17(14-27)21(28-20(16)5-2-6-22(28)29)12-26-23(30)18-4-3-8-25-18;2-1-3/h3-4,7-9,11,16-17,20-21,25H,2,5-6,10,12-14H2,1H3,(H,26,30);1H,(H,2,3)/t16-,17+,20+,21+;/m1./s1. The topological polar surface area (TPSA) is 119 Å². The van der Waals surface area contributed by atoms with Gasteiger partial charge in [-0.3, -0.25) is 19.4 Å². The van der Waals surface area contributed by atoms with Crippen molar-refractivity contribution in [2.45, 2.75) is 44.7 Å². The fourth-order valence-corrected chi connectivity index (χ4v) is 5.82. The quantitative estimate of drug-likeness (QED) is 0.610. The van der Waals surface area contributed by atoms with Gasteiger partial charge in [-0.1, -0.05) is 0 Å². The number of carbonyl (C=O) groups is 3. The van der Waals surface area contributed by atoms with Crippen LogP contribution in [0.1, 0.15) is 41.7 Å². The van der Waals surface area contributed by atoms with Crippen LogP contribution >= 0.6 is 0 Å². The summed E-state index contributed by atoms with van der Waals surface area (Å²) in [5, 5.41) is 9.97. The van der Waals surface area contributed by atoms with E-state index in [9.17, 15) is 9.59 Å². The highest BCUT2D eigenvalue weighted by Gasteiger charge is 2.49. The first-order valence-corrected chi connectivity index (χ1v) is 11.5. The molecular weight excluding hydrogens is 422 g/mol. The average molecular weight is 454 g/mol. The molecule has 2 aromatic heterocycles. The molecular formula is C24H31N5O4. The summed E-state index contributed by atoms with van der Waals surface area (Å²) in [6, 6.07) is 6.01. The van der Waals surface area contributed by atoms with Gasteiger partial charge in [0.05, 0.1) is 6.04 Å². The van der Waals surface area contributed by atoms with Crippen molar-refractivity contribution in [1.29, 1.82) is 0 Å². The highest BCUT2D eigenvalue weighted by molar-refractivity contribution is 5.92. The molecule has 2 amide bonds. The maximum absolute atomic E-state index is 12.9. The number of fused-ring (bicyclic) bond motifs is 4. The van der Waals surface area contributed by atoms with E-state index < -0.39 is 0 Å². The summed E-state index contributed by atoms with van der Waals surface area (Å²) in [7, 11) is 0. The normalized spacial score (nSPS) is 26.0. The maximum atomic E-state index is 12.9. The molecule has 33 heavy (non-hydrogen) atoms. The van der Waals surface area contributed by atoms with E-state index in [0.717, 1.165) is 32.4 Å². The molecule has 9 heteroatoms. The lowest BCUT2D eigenvalue weighted by Crippen LogP contribution is -2.67. The van der Waals surface area contributed by atoms with Crippen LogP contribution in [0.5, 0.6) is 0 Å². The number of aromatic amines is 1. The Balaban J connectivity index is 0.000000821. The summed E-state index contributed by atoms with van der Waals surface area (Å²) in [6.07, 6.45) is 9.31. The first-order chi connectivity index (χ1) is 16.0. The van der Waals surface area contributed by atoms with Gasteiger partial charge in [-0.05, 0) is 61.8 Å². The largest absolute Gasteiger partial charge is 0.483 e. The zero-order valence-electron chi connectivity index (χ0n) is 18.8. The third-order valence-electron chi connectivity index (χ3n) is 7.14. The van der Waals surface area contributed by atoms with E-state index in [2.05, 4.69) is 38.1 Å². The van der Waals surface area contributed by atoms with Crippen molar-refractivity contribution in [1.82, 2.24) is 20.2 Å². The first kappa shape index (κ1) is 22.8. The van der Waals surface area contributed by atoms with Crippen LogP contribution in [0, 0.1) is 18.8 Å². The second kappa shape index (κ2) is 10.1. The Hall–Kier alpha value is -3.36. The molecule has 3 fully saturated rings. The molecule has 0 saturated carbocycles. The molecule has 3 aliphatic rings. The van der Waals surface area contributed by atoms with Crippen LogP contribution in [0.15, 0.2) is 36.8 Å². The van der Waals surface area contributed by atoms with Gasteiger partial charge in [0, 0.05) is 56.4 Å². The molecule has 0 unspecified atom stereocenters. The van der Waals surface area contributed by atoms with Gasteiger partial charge in [-0.2, -0.15) is 0 Å². The zero-order chi connectivity index (χ0) is 23.4. The van der Waals surface area contributed by atoms with E-state index in [4.69, 9.17) is 9.90 Å². The van der Waals surface area contributed by atoms with Crippen molar-refractivity contribution < 1.29 is 19.5 Å². The minimum atomic E-state index is -0.250. The lowest BCUT2D eigenvalue weighted by atomic mass is 9.72. The van der Waals surface area contributed by atoms with Crippen LogP contribution in [0.25, 0.3) is 0 Å². The molecule has 3 saturated heterocycles. The average Bonchev–Trinajstić information content (AvgIpc) is 3.35. The Labute approximate surface area is 193 Å². The van der Waals surface area contributed by atoms with E-state index in [0.29, 0.717) is 30.5 Å². The van der Waals surface area contributed by atoms with Gasteiger partial charge >= 0.3 is 0 Å². The number of hydrogen-bond donors (Lipinski definition) is 3. The first-order valence-electron chi connectivity index (χ1n) is 11.5.